The average Bonchev–Trinajstić information content (AvgIpc) is 3.65. The summed E-state index contributed by atoms with van der Waals surface area (Å²) < 4.78 is 4.63. The minimum absolute atomic E-state index is 0.0694. The lowest BCUT2D eigenvalue weighted by Crippen LogP contribution is -2.34. The first-order valence-electron chi connectivity index (χ1n) is 16.3. The van der Waals surface area contributed by atoms with E-state index in [0.717, 1.165) is 23.4 Å². The summed E-state index contributed by atoms with van der Waals surface area (Å²) in [4.78, 5) is 13.9. The van der Waals surface area contributed by atoms with Gasteiger partial charge in [0.25, 0.3) is 5.91 Å². The standard InChI is InChI=1S/C41H32N2O/c1-41(2)32-11-5-6-13-36(32)42-34-16-14-22(18-29(34)26-10-7-12-33(41)38(26)42)23-15-17-35-31(19-23)37-28-20-24(28)21-30-25-8-3-4-9-27(25)40(44)43(35)39(30)37/h3-11,13-19,24,28,30,33H,12,20-21H2,1-2H3. The van der Waals surface area contributed by atoms with E-state index in [0.29, 0.717) is 17.8 Å². The number of carbonyl (C=O) groups is 1. The fourth-order valence-electron chi connectivity index (χ4n) is 9.90. The minimum Gasteiger partial charge on any atom is -0.312 e. The lowest BCUT2D eigenvalue weighted by Gasteiger charge is -2.42. The largest absolute Gasteiger partial charge is 0.312 e. The topological polar surface area (TPSA) is 26.9 Å². The Morgan fingerprint density at radius 2 is 1.52 bits per heavy atom. The van der Waals surface area contributed by atoms with E-state index in [2.05, 4.69) is 108 Å². The summed E-state index contributed by atoms with van der Waals surface area (Å²) in [5, 5.41) is 2.61. The third-order valence-corrected chi connectivity index (χ3v) is 12.1. The Hall–Kier alpha value is -4.63. The SMILES string of the molecule is CC1(C)c2ccccc2-n2c3c(c4cc(-c5ccc6c(c5)c5c7n6C(=O)c6ccccc6C7CC6CC56)ccc42)C=CCC31. The van der Waals surface area contributed by atoms with Crippen LogP contribution >= 0.6 is 0 Å². The van der Waals surface area contributed by atoms with E-state index in [1.807, 2.05) is 12.1 Å². The fraction of sp³-hybridized carbons (Fsp3) is 0.244. The van der Waals surface area contributed by atoms with Gasteiger partial charge in [0.1, 0.15) is 0 Å². The lowest BCUT2D eigenvalue weighted by molar-refractivity contribution is 0.0953. The summed E-state index contributed by atoms with van der Waals surface area (Å²) >= 11 is 0. The summed E-state index contributed by atoms with van der Waals surface area (Å²) in [5.74, 6) is 2.24. The molecule has 4 heterocycles. The van der Waals surface area contributed by atoms with Gasteiger partial charge in [-0.2, -0.15) is 0 Å². The molecule has 1 saturated carbocycles. The summed E-state index contributed by atoms with van der Waals surface area (Å²) in [6.45, 7) is 4.84. The normalized spacial score (nSPS) is 24.5. The number of para-hydroxylation sites is 1. The van der Waals surface area contributed by atoms with Crippen molar-refractivity contribution in [3.8, 4) is 16.8 Å². The van der Waals surface area contributed by atoms with Crippen LogP contribution in [-0.4, -0.2) is 15.0 Å². The van der Waals surface area contributed by atoms with E-state index in [9.17, 15) is 4.79 Å². The highest BCUT2D eigenvalue weighted by Gasteiger charge is 2.51. The highest BCUT2D eigenvalue weighted by molar-refractivity contribution is 6.08. The molecular weight excluding hydrogens is 536 g/mol. The van der Waals surface area contributed by atoms with Crippen molar-refractivity contribution in [2.75, 3.05) is 0 Å². The van der Waals surface area contributed by atoms with Crippen LogP contribution < -0.4 is 0 Å². The third kappa shape index (κ3) is 2.70. The van der Waals surface area contributed by atoms with E-state index in [-0.39, 0.29) is 11.3 Å². The summed E-state index contributed by atoms with van der Waals surface area (Å²) in [6, 6.07) is 31.2. The van der Waals surface area contributed by atoms with Crippen LogP contribution in [0.5, 0.6) is 0 Å². The Morgan fingerprint density at radius 3 is 2.39 bits per heavy atom. The van der Waals surface area contributed by atoms with E-state index in [4.69, 9.17) is 0 Å². The van der Waals surface area contributed by atoms with Gasteiger partial charge in [0.05, 0.1) is 11.0 Å². The van der Waals surface area contributed by atoms with Gasteiger partial charge in [-0.05, 0) is 95.3 Å². The zero-order valence-corrected chi connectivity index (χ0v) is 25.0. The summed E-state index contributed by atoms with van der Waals surface area (Å²) in [6.07, 6.45) is 8.24. The second-order valence-electron chi connectivity index (χ2n) is 14.4. The summed E-state index contributed by atoms with van der Waals surface area (Å²) in [5.41, 5.74) is 15.4. The van der Waals surface area contributed by atoms with E-state index >= 15 is 0 Å². The lowest BCUT2D eigenvalue weighted by atomic mass is 9.66. The average molecular weight is 569 g/mol. The molecule has 2 aromatic heterocycles. The Balaban J connectivity index is 1.13. The van der Waals surface area contributed by atoms with Crippen molar-refractivity contribution in [3.63, 3.8) is 0 Å². The van der Waals surface area contributed by atoms with Gasteiger partial charge in [-0.15, -0.1) is 0 Å². The van der Waals surface area contributed by atoms with E-state index < -0.39 is 0 Å². The fourth-order valence-corrected chi connectivity index (χ4v) is 9.90. The Kier molecular flexibility index (Phi) is 4.17. The first-order chi connectivity index (χ1) is 21.5. The predicted molar refractivity (Wildman–Crippen MR) is 177 cm³/mol. The highest BCUT2D eigenvalue weighted by atomic mass is 16.2. The molecule has 4 atom stereocenters. The monoisotopic (exact) mass is 568 g/mol. The molecule has 0 N–H and O–H groups in total. The molecule has 0 amide bonds. The van der Waals surface area contributed by atoms with Crippen molar-refractivity contribution >= 4 is 33.8 Å². The Morgan fingerprint density at radius 1 is 0.773 bits per heavy atom. The number of benzene rings is 4. The first kappa shape index (κ1) is 23.8. The van der Waals surface area contributed by atoms with Gasteiger partial charge in [0.15, 0.2) is 0 Å². The molecular formula is C41H32N2O. The molecule has 0 saturated heterocycles. The van der Waals surface area contributed by atoms with Crippen molar-refractivity contribution in [2.24, 2.45) is 5.92 Å². The van der Waals surface area contributed by atoms with Gasteiger partial charge in [-0.1, -0.05) is 74.5 Å². The number of rotatable bonds is 1. The van der Waals surface area contributed by atoms with Crippen molar-refractivity contribution in [1.29, 1.82) is 0 Å². The van der Waals surface area contributed by atoms with Gasteiger partial charge < -0.3 is 4.57 Å². The number of carbonyl (C=O) groups excluding carboxylic acids is 1. The molecule has 0 bridgehead atoms. The number of fused-ring (bicyclic) bond motifs is 12. The van der Waals surface area contributed by atoms with Crippen molar-refractivity contribution in [2.45, 2.75) is 56.3 Å². The zero-order chi connectivity index (χ0) is 29.1. The van der Waals surface area contributed by atoms with Gasteiger partial charge in [0, 0.05) is 56.2 Å². The first-order valence-corrected chi connectivity index (χ1v) is 16.3. The smallest absolute Gasteiger partial charge is 0.262 e. The molecule has 3 heteroatoms. The van der Waals surface area contributed by atoms with Crippen molar-refractivity contribution in [1.82, 2.24) is 9.13 Å². The van der Waals surface area contributed by atoms with Crippen LogP contribution in [0.2, 0.25) is 0 Å². The molecule has 4 aromatic carbocycles. The Bertz CT molecular complexity index is 2340. The minimum atomic E-state index is 0.0694. The van der Waals surface area contributed by atoms with E-state index in [1.165, 1.54) is 79.6 Å². The quantitative estimate of drug-likeness (QED) is 0.194. The van der Waals surface area contributed by atoms with Crippen molar-refractivity contribution < 1.29 is 4.79 Å². The van der Waals surface area contributed by atoms with Gasteiger partial charge in [-0.25, -0.2) is 0 Å². The van der Waals surface area contributed by atoms with Crippen LogP contribution in [0, 0.1) is 5.92 Å². The number of hydrogen-bond acceptors (Lipinski definition) is 1. The molecule has 3 aliphatic carbocycles. The molecule has 0 radical (unpaired) electrons. The van der Waals surface area contributed by atoms with Gasteiger partial charge in [-0.3, -0.25) is 9.36 Å². The molecule has 2 aliphatic heterocycles. The number of hydrogen-bond donors (Lipinski definition) is 0. The maximum atomic E-state index is 13.9. The second-order valence-corrected chi connectivity index (χ2v) is 14.4. The molecule has 4 unspecified atom stereocenters. The number of nitrogens with zero attached hydrogens (tertiary/aromatic N) is 2. The molecule has 0 spiro atoms. The summed E-state index contributed by atoms with van der Waals surface area (Å²) in [7, 11) is 0. The number of allylic oxidation sites excluding steroid dienone is 1. The predicted octanol–water partition coefficient (Wildman–Crippen LogP) is 9.68. The molecule has 11 rings (SSSR count). The van der Waals surface area contributed by atoms with Crippen LogP contribution in [0.25, 0.3) is 44.7 Å². The molecule has 5 aliphatic rings. The van der Waals surface area contributed by atoms with Crippen LogP contribution in [0.4, 0.5) is 0 Å². The Labute approximate surface area is 256 Å². The second kappa shape index (κ2) is 7.71. The number of aromatic nitrogens is 2. The van der Waals surface area contributed by atoms with E-state index in [1.54, 1.807) is 0 Å². The van der Waals surface area contributed by atoms with Gasteiger partial charge in [0.2, 0.25) is 0 Å². The zero-order valence-electron chi connectivity index (χ0n) is 25.0. The molecule has 3 nitrogen and oxygen atoms in total. The molecule has 1 fully saturated rings. The molecule has 212 valence electrons. The molecule has 44 heavy (non-hydrogen) atoms. The maximum absolute atomic E-state index is 13.9. The van der Waals surface area contributed by atoms with Crippen LogP contribution in [0.3, 0.4) is 0 Å². The maximum Gasteiger partial charge on any atom is 0.262 e. The highest BCUT2D eigenvalue weighted by Crippen LogP contribution is 2.63. The van der Waals surface area contributed by atoms with Crippen molar-refractivity contribution in [3.05, 3.63) is 130 Å². The van der Waals surface area contributed by atoms with Crippen LogP contribution in [-0.2, 0) is 5.41 Å². The van der Waals surface area contributed by atoms with Gasteiger partial charge >= 0.3 is 0 Å². The van der Waals surface area contributed by atoms with Crippen LogP contribution in [0.1, 0.15) is 94.9 Å². The third-order valence-electron chi connectivity index (χ3n) is 12.1. The van der Waals surface area contributed by atoms with Crippen LogP contribution in [0.15, 0.2) is 91.0 Å². The molecule has 6 aromatic rings.